The number of hydrogen-bond donors (Lipinski definition) is 4. The molecule has 0 rings (SSSR count). The Balaban J connectivity index is 3.71. The van der Waals surface area contributed by atoms with Crippen LogP contribution in [0.2, 0.25) is 0 Å². The van der Waals surface area contributed by atoms with Gasteiger partial charge in [-0.3, -0.25) is 14.4 Å². The summed E-state index contributed by atoms with van der Waals surface area (Å²) < 4.78 is 0. The average Bonchev–Trinajstić information content (AvgIpc) is 2.21. The number of carbonyl (C=O) groups is 3. The van der Waals surface area contributed by atoms with Gasteiger partial charge in [-0.2, -0.15) is 0 Å². The largest absolute Gasteiger partial charge is 0.480 e. The molecule has 0 aliphatic heterocycles. The molecule has 86 valence electrons. The van der Waals surface area contributed by atoms with E-state index in [0.29, 0.717) is 0 Å². The molecule has 0 aromatic carbocycles. The van der Waals surface area contributed by atoms with E-state index >= 15 is 0 Å². The van der Waals surface area contributed by atoms with Gasteiger partial charge in [-0.1, -0.05) is 0 Å². The van der Waals surface area contributed by atoms with Gasteiger partial charge in [-0.05, 0) is 14.0 Å². The zero-order valence-electron chi connectivity index (χ0n) is 8.66. The molecule has 4 N–H and O–H groups in total. The molecule has 1 atom stereocenters. The van der Waals surface area contributed by atoms with E-state index in [0.717, 1.165) is 0 Å². The van der Waals surface area contributed by atoms with Gasteiger partial charge >= 0.3 is 5.97 Å². The average molecular weight is 217 g/mol. The van der Waals surface area contributed by atoms with Crippen molar-refractivity contribution in [3.63, 3.8) is 0 Å². The predicted molar refractivity (Wildman–Crippen MR) is 52.2 cm³/mol. The summed E-state index contributed by atoms with van der Waals surface area (Å²) in [4.78, 5) is 32.2. The molecule has 7 nitrogen and oxygen atoms in total. The van der Waals surface area contributed by atoms with Gasteiger partial charge < -0.3 is 21.1 Å². The van der Waals surface area contributed by atoms with Crippen molar-refractivity contribution in [3.8, 4) is 0 Å². The summed E-state index contributed by atoms with van der Waals surface area (Å²) in [6.45, 7) is 0.971. The van der Waals surface area contributed by atoms with Gasteiger partial charge in [0.05, 0.1) is 12.6 Å². The fourth-order valence-electron chi connectivity index (χ4n) is 0.688. The summed E-state index contributed by atoms with van der Waals surface area (Å²) in [7, 11) is 1.62. The third kappa shape index (κ3) is 6.44. The molecule has 7 heteroatoms. The minimum absolute atomic E-state index is 0.224. The van der Waals surface area contributed by atoms with Crippen molar-refractivity contribution >= 4 is 17.8 Å². The molecule has 0 aromatic rings. The molecule has 15 heavy (non-hydrogen) atoms. The molecule has 0 saturated heterocycles. The Morgan fingerprint density at radius 2 is 1.80 bits per heavy atom. The minimum atomic E-state index is -1.13. The smallest absolute Gasteiger partial charge is 0.322 e. The highest BCUT2D eigenvalue weighted by Gasteiger charge is 2.11. The van der Waals surface area contributed by atoms with Crippen molar-refractivity contribution < 1.29 is 19.5 Å². The fourth-order valence-corrected chi connectivity index (χ4v) is 0.688. The van der Waals surface area contributed by atoms with E-state index < -0.39 is 24.5 Å². The number of likely N-dealkylation sites (N-methyl/N-ethyl adjacent to an activating group) is 1. The van der Waals surface area contributed by atoms with Gasteiger partial charge in [0, 0.05) is 0 Å². The van der Waals surface area contributed by atoms with Crippen LogP contribution in [0.3, 0.4) is 0 Å². The van der Waals surface area contributed by atoms with E-state index in [2.05, 4.69) is 16.0 Å². The number of aliphatic carboxylic acids is 1. The molecule has 0 heterocycles. The van der Waals surface area contributed by atoms with E-state index in [1.807, 2.05) is 0 Å². The van der Waals surface area contributed by atoms with Crippen LogP contribution in [0.5, 0.6) is 0 Å². The maximum absolute atomic E-state index is 11.1. The normalized spacial score (nSPS) is 11.6. The number of hydrogen-bond acceptors (Lipinski definition) is 4. The lowest BCUT2D eigenvalue weighted by Gasteiger charge is -2.10. The number of carboxylic acid groups (broad SMARTS) is 1. The van der Waals surface area contributed by atoms with Gasteiger partial charge in [0.15, 0.2) is 0 Å². The zero-order valence-corrected chi connectivity index (χ0v) is 8.66. The molecule has 0 fully saturated rings. The van der Waals surface area contributed by atoms with E-state index in [1.54, 1.807) is 14.0 Å². The first-order chi connectivity index (χ1) is 6.97. The van der Waals surface area contributed by atoms with Crippen LogP contribution in [-0.2, 0) is 14.4 Å². The molecule has 0 spiro atoms. The number of carbonyl (C=O) groups excluding carboxylic acids is 2. The van der Waals surface area contributed by atoms with Gasteiger partial charge in [-0.15, -0.1) is 0 Å². The van der Waals surface area contributed by atoms with Crippen LogP contribution < -0.4 is 16.0 Å². The first kappa shape index (κ1) is 13.4. The molecule has 0 bridgehead atoms. The second-order valence-electron chi connectivity index (χ2n) is 2.90. The van der Waals surface area contributed by atoms with Crippen molar-refractivity contribution in [2.75, 3.05) is 20.1 Å². The Morgan fingerprint density at radius 3 is 2.27 bits per heavy atom. The number of amides is 2. The van der Waals surface area contributed by atoms with Crippen molar-refractivity contribution in [1.29, 1.82) is 0 Å². The second kappa shape index (κ2) is 6.77. The monoisotopic (exact) mass is 217 g/mol. The molecule has 0 aromatic heterocycles. The Bertz CT molecular complexity index is 254. The maximum atomic E-state index is 11.1. The number of carboxylic acids is 1. The lowest BCUT2D eigenvalue weighted by atomic mass is 10.3. The van der Waals surface area contributed by atoms with Crippen LogP contribution in [0.4, 0.5) is 0 Å². The van der Waals surface area contributed by atoms with Crippen LogP contribution in [0, 0.1) is 0 Å². The van der Waals surface area contributed by atoms with Crippen LogP contribution >= 0.6 is 0 Å². The summed E-state index contributed by atoms with van der Waals surface area (Å²) >= 11 is 0. The lowest BCUT2D eigenvalue weighted by Crippen LogP contribution is -2.45. The van der Waals surface area contributed by atoms with E-state index in [1.165, 1.54) is 0 Å². The van der Waals surface area contributed by atoms with Crippen molar-refractivity contribution in [3.05, 3.63) is 0 Å². The lowest BCUT2D eigenvalue weighted by molar-refractivity contribution is -0.137. The Kier molecular flexibility index (Phi) is 6.03. The zero-order chi connectivity index (χ0) is 11.8. The predicted octanol–water partition coefficient (Wildman–Crippen LogP) is -2.09. The quantitative estimate of drug-likeness (QED) is 0.408. The standard InChI is InChI=1S/C8H15N3O4/c1-5(9-2)8(15)11-3-6(12)10-4-7(13)14/h5,9H,3-4H2,1-2H3,(H,10,12)(H,11,15)(H,13,14). The SMILES string of the molecule is CNC(C)C(=O)NCC(=O)NCC(=O)O. The number of nitrogens with one attached hydrogen (secondary N) is 3. The van der Waals surface area contributed by atoms with Gasteiger partial charge in [0.25, 0.3) is 0 Å². The van der Waals surface area contributed by atoms with Crippen molar-refractivity contribution in [1.82, 2.24) is 16.0 Å². The number of rotatable bonds is 6. The van der Waals surface area contributed by atoms with E-state index in [4.69, 9.17) is 5.11 Å². The topological polar surface area (TPSA) is 108 Å². The molecule has 0 radical (unpaired) electrons. The molecule has 0 aliphatic carbocycles. The molecule has 0 aliphatic rings. The maximum Gasteiger partial charge on any atom is 0.322 e. The van der Waals surface area contributed by atoms with E-state index in [9.17, 15) is 14.4 Å². The molecule has 0 saturated carbocycles. The molecule has 2 amide bonds. The minimum Gasteiger partial charge on any atom is -0.480 e. The first-order valence-electron chi connectivity index (χ1n) is 4.40. The second-order valence-corrected chi connectivity index (χ2v) is 2.90. The van der Waals surface area contributed by atoms with E-state index in [-0.39, 0.29) is 12.5 Å². The summed E-state index contributed by atoms with van der Waals surface area (Å²) in [5.41, 5.74) is 0. The summed E-state index contributed by atoms with van der Waals surface area (Å²) in [6, 6.07) is -0.391. The molecular formula is C8H15N3O4. The Morgan fingerprint density at radius 1 is 1.20 bits per heavy atom. The molecule has 1 unspecified atom stereocenters. The Hall–Kier alpha value is -1.63. The highest BCUT2D eigenvalue weighted by molar-refractivity contribution is 5.88. The summed E-state index contributed by atoms with van der Waals surface area (Å²) in [5, 5.41) is 15.4. The van der Waals surface area contributed by atoms with Crippen LogP contribution in [-0.4, -0.2) is 49.1 Å². The highest BCUT2D eigenvalue weighted by Crippen LogP contribution is 1.78. The third-order valence-corrected chi connectivity index (χ3v) is 1.69. The van der Waals surface area contributed by atoms with Crippen LogP contribution in [0.15, 0.2) is 0 Å². The fraction of sp³-hybridized carbons (Fsp3) is 0.625. The van der Waals surface area contributed by atoms with Gasteiger partial charge in [0.2, 0.25) is 11.8 Å². The summed E-state index contributed by atoms with van der Waals surface area (Å²) in [6.07, 6.45) is 0. The van der Waals surface area contributed by atoms with Crippen molar-refractivity contribution in [2.24, 2.45) is 0 Å². The first-order valence-corrected chi connectivity index (χ1v) is 4.40. The highest BCUT2D eigenvalue weighted by atomic mass is 16.4. The van der Waals surface area contributed by atoms with Crippen molar-refractivity contribution in [2.45, 2.75) is 13.0 Å². The molecular weight excluding hydrogens is 202 g/mol. The third-order valence-electron chi connectivity index (χ3n) is 1.69. The van der Waals surface area contributed by atoms with Gasteiger partial charge in [-0.25, -0.2) is 0 Å². The summed E-state index contributed by atoms with van der Waals surface area (Å²) in [5.74, 6) is -1.98. The van der Waals surface area contributed by atoms with Crippen LogP contribution in [0.1, 0.15) is 6.92 Å². The van der Waals surface area contributed by atoms with Gasteiger partial charge in [0.1, 0.15) is 6.54 Å². The Labute approximate surface area is 87.2 Å². The van der Waals surface area contributed by atoms with Crippen LogP contribution in [0.25, 0.3) is 0 Å².